The molecule has 0 spiro atoms. The molecule has 106 valence electrons. The molecule has 2 aromatic rings. The molecule has 1 unspecified atom stereocenters. The van der Waals surface area contributed by atoms with E-state index in [0.717, 1.165) is 0 Å². The molecule has 0 bridgehead atoms. The minimum absolute atomic E-state index is 0.0849. The van der Waals surface area contributed by atoms with E-state index in [-0.39, 0.29) is 18.7 Å². The fourth-order valence-electron chi connectivity index (χ4n) is 1.81. The van der Waals surface area contributed by atoms with Gasteiger partial charge in [0.25, 0.3) is 5.91 Å². The molecule has 1 amide bonds. The molecule has 0 aliphatic rings. The summed E-state index contributed by atoms with van der Waals surface area (Å²) >= 11 is 0. The van der Waals surface area contributed by atoms with Crippen LogP contribution in [0, 0.1) is 0 Å². The van der Waals surface area contributed by atoms with Gasteiger partial charge in [0.15, 0.2) is 0 Å². The Morgan fingerprint density at radius 2 is 2.20 bits per heavy atom. The minimum atomic E-state index is -1.56. The standard InChI is InChI=1S/C12H14N4O4/c1-12(3-5-17,11(19)20)16-10(18)8-7-2-4-13-9(7)15-6-14-8/h2,4,6,17H,3,5H2,1H3,(H,16,18)(H,19,20)(H,13,14,15). The molecule has 0 saturated carbocycles. The Morgan fingerprint density at radius 1 is 1.45 bits per heavy atom. The van der Waals surface area contributed by atoms with Gasteiger partial charge in [-0.3, -0.25) is 4.79 Å². The molecule has 4 N–H and O–H groups in total. The second-order valence-electron chi connectivity index (χ2n) is 4.53. The van der Waals surface area contributed by atoms with Crippen LogP contribution < -0.4 is 5.32 Å². The van der Waals surface area contributed by atoms with Crippen molar-refractivity contribution in [1.82, 2.24) is 20.3 Å². The van der Waals surface area contributed by atoms with Crippen molar-refractivity contribution in [1.29, 1.82) is 0 Å². The number of amides is 1. The number of carboxylic acids is 1. The first-order valence-corrected chi connectivity index (χ1v) is 5.93. The predicted octanol–water partition coefficient (Wildman–Crippen LogP) is -0.0866. The van der Waals surface area contributed by atoms with Crippen molar-refractivity contribution in [3.05, 3.63) is 24.3 Å². The summed E-state index contributed by atoms with van der Waals surface area (Å²) in [5.41, 5.74) is -0.981. The number of carboxylic acid groups (broad SMARTS) is 1. The van der Waals surface area contributed by atoms with Crippen LogP contribution in [-0.2, 0) is 4.79 Å². The van der Waals surface area contributed by atoms with Crippen molar-refractivity contribution >= 4 is 22.9 Å². The van der Waals surface area contributed by atoms with Gasteiger partial charge in [-0.25, -0.2) is 14.8 Å². The Bertz CT molecular complexity index is 654. The monoisotopic (exact) mass is 278 g/mol. The number of rotatable bonds is 5. The lowest BCUT2D eigenvalue weighted by atomic mass is 9.98. The van der Waals surface area contributed by atoms with Gasteiger partial charge in [-0.05, 0) is 13.0 Å². The van der Waals surface area contributed by atoms with E-state index in [9.17, 15) is 9.59 Å². The molecule has 0 aliphatic carbocycles. The quantitative estimate of drug-likeness (QED) is 0.605. The number of aliphatic carboxylic acids is 1. The molecule has 2 heterocycles. The normalized spacial score (nSPS) is 13.9. The summed E-state index contributed by atoms with van der Waals surface area (Å²) in [6, 6.07) is 1.63. The summed E-state index contributed by atoms with van der Waals surface area (Å²) in [5, 5.41) is 21.0. The van der Waals surface area contributed by atoms with Gasteiger partial charge in [-0.1, -0.05) is 0 Å². The predicted molar refractivity (Wildman–Crippen MR) is 69.1 cm³/mol. The highest BCUT2D eigenvalue weighted by molar-refractivity contribution is 6.05. The molecule has 8 nitrogen and oxygen atoms in total. The van der Waals surface area contributed by atoms with Crippen LogP contribution >= 0.6 is 0 Å². The Balaban J connectivity index is 2.32. The van der Waals surface area contributed by atoms with Gasteiger partial charge in [-0.2, -0.15) is 0 Å². The summed E-state index contributed by atoms with van der Waals surface area (Å²) < 4.78 is 0. The Labute approximate surface area is 113 Å². The van der Waals surface area contributed by atoms with E-state index in [1.54, 1.807) is 12.3 Å². The average molecular weight is 278 g/mol. The van der Waals surface area contributed by atoms with Crippen LogP contribution in [0.15, 0.2) is 18.6 Å². The zero-order chi connectivity index (χ0) is 14.8. The smallest absolute Gasteiger partial charge is 0.329 e. The Morgan fingerprint density at radius 3 is 2.85 bits per heavy atom. The van der Waals surface area contributed by atoms with Gasteiger partial charge in [0.05, 0.1) is 5.39 Å². The largest absolute Gasteiger partial charge is 0.480 e. The molecule has 20 heavy (non-hydrogen) atoms. The van der Waals surface area contributed by atoms with Crippen molar-refractivity contribution in [3.63, 3.8) is 0 Å². The highest BCUT2D eigenvalue weighted by atomic mass is 16.4. The second kappa shape index (κ2) is 5.25. The molecule has 0 aromatic carbocycles. The van der Waals surface area contributed by atoms with Gasteiger partial charge < -0.3 is 20.5 Å². The van der Waals surface area contributed by atoms with Crippen LogP contribution in [0.4, 0.5) is 0 Å². The topological polar surface area (TPSA) is 128 Å². The maximum Gasteiger partial charge on any atom is 0.329 e. The number of hydrogen-bond donors (Lipinski definition) is 4. The summed E-state index contributed by atoms with van der Waals surface area (Å²) in [4.78, 5) is 34.1. The van der Waals surface area contributed by atoms with E-state index < -0.39 is 17.4 Å². The fourth-order valence-corrected chi connectivity index (χ4v) is 1.81. The number of hydrogen-bond acceptors (Lipinski definition) is 5. The lowest BCUT2D eigenvalue weighted by Crippen LogP contribution is -2.53. The summed E-state index contributed by atoms with van der Waals surface area (Å²) in [5.74, 6) is -1.85. The van der Waals surface area contributed by atoms with Crippen molar-refractivity contribution in [3.8, 4) is 0 Å². The van der Waals surface area contributed by atoms with Crippen LogP contribution in [0.5, 0.6) is 0 Å². The number of aromatic amines is 1. The Hall–Kier alpha value is -2.48. The van der Waals surface area contributed by atoms with Crippen LogP contribution in [0.1, 0.15) is 23.8 Å². The van der Waals surface area contributed by atoms with E-state index in [0.29, 0.717) is 11.0 Å². The molecule has 0 radical (unpaired) electrons. The van der Waals surface area contributed by atoms with Crippen molar-refractivity contribution < 1.29 is 19.8 Å². The molecule has 0 saturated heterocycles. The molecule has 1 atom stereocenters. The molecule has 0 aliphatic heterocycles. The number of nitrogens with zero attached hydrogens (tertiary/aromatic N) is 2. The first kappa shape index (κ1) is 13.9. The van der Waals surface area contributed by atoms with Gasteiger partial charge >= 0.3 is 5.97 Å². The van der Waals surface area contributed by atoms with Gasteiger partial charge in [0.2, 0.25) is 0 Å². The number of nitrogens with one attached hydrogen (secondary N) is 2. The number of aliphatic hydroxyl groups is 1. The minimum Gasteiger partial charge on any atom is -0.480 e. The number of carbonyl (C=O) groups excluding carboxylic acids is 1. The van der Waals surface area contributed by atoms with Crippen LogP contribution in [0.3, 0.4) is 0 Å². The van der Waals surface area contributed by atoms with Gasteiger partial charge in [0, 0.05) is 19.2 Å². The number of H-pyrrole nitrogens is 1. The lowest BCUT2D eigenvalue weighted by molar-refractivity contribution is -0.144. The zero-order valence-corrected chi connectivity index (χ0v) is 10.8. The van der Waals surface area contributed by atoms with E-state index in [1.165, 1.54) is 13.3 Å². The molecule has 0 fully saturated rings. The van der Waals surface area contributed by atoms with Crippen molar-refractivity contribution in [2.45, 2.75) is 18.9 Å². The third-order valence-corrected chi connectivity index (χ3v) is 3.04. The zero-order valence-electron chi connectivity index (χ0n) is 10.8. The summed E-state index contributed by atoms with van der Waals surface area (Å²) in [6.45, 7) is 0.978. The highest BCUT2D eigenvalue weighted by Gasteiger charge is 2.35. The first-order valence-electron chi connectivity index (χ1n) is 5.93. The third kappa shape index (κ3) is 2.45. The van der Waals surface area contributed by atoms with Crippen molar-refractivity contribution in [2.24, 2.45) is 0 Å². The summed E-state index contributed by atoms with van der Waals surface area (Å²) in [7, 11) is 0. The van der Waals surface area contributed by atoms with Crippen LogP contribution in [0.25, 0.3) is 11.0 Å². The van der Waals surface area contributed by atoms with E-state index in [1.807, 2.05) is 0 Å². The lowest BCUT2D eigenvalue weighted by Gasteiger charge is -2.25. The maximum absolute atomic E-state index is 12.2. The van der Waals surface area contributed by atoms with Crippen LogP contribution in [0.2, 0.25) is 0 Å². The van der Waals surface area contributed by atoms with E-state index in [2.05, 4.69) is 20.3 Å². The van der Waals surface area contributed by atoms with Gasteiger partial charge in [0.1, 0.15) is 23.2 Å². The fraction of sp³-hybridized carbons (Fsp3) is 0.333. The van der Waals surface area contributed by atoms with E-state index >= 15 is 0 Å². The number of aromatic nitrogens is 3. The second-order valence-corrected chi connectivity index (χ2v) is 4.53. The molecular formula is C12H14N4O4. The number of carbonyl (C=O) groups is 2. The molecule has 2 rings (SSSR count). The van der Waals surface area contributed by atoms with Gasteiger partial charge in [-0.15, -0.1) is 0 Å². The molecule has 2 aromatic heterocycles. The number of aliphatic hydroxyl groups excluding tert-OH is 1. The van der Waals surface area contributed by atoms with Crippen molar-refractivity contribution in [2.75, 3.05) is 6.61 Å². The first-order chi connectivity index (χ1) is 9.48. The summed E-state index contributed by atoms with van der Waals surface area (Å²) in [6.07, 6.45) is 2.73. The molecular weight excluding hydrogens is 264 g/mol. The highest BCUT2D eigenvalue weighted by Crippen LogP contribution is 2.15. The molecule has 8 heteroatoms. The third-order valence-electron chi connectivity index (χ3n) is 3.04. The Kier molecular flexibility index (Phi) is 3.66. The maximum atomic E-state index is 12.2. The van der Waals surface area contributed by atoms with E-state index in [4.69, 9.17) is 10.2 Å². The van der Waals surface area contributed by atoms with Crippen LogP contribution in [-0.4, -0.2) is 49.2 Å². The SMILES string of the molecule is CC(CCO)(NC(=O)c1ncnc2[nH]ccc12)C(=O)O. The average Bonchev–Trinajstić information content (AvgIpc) is 2.86. The number of fused-ring (bicyclic) bond motifs is 1.